The molecule has 0 amide bonds. The molecular weight excluding hydrogens is 456 g/mol. The molecule has 0 unspecified atom stereocenters. The summed E-state index contributed by atoms with van der Waals surface area (Å²) >= 11 is 0. The number of hydrogen-bond donors (Lipinski definition) is 0. The first-order chi connectivity index (χ1) is 13.4. The monoisotopic (exact) mass is 500 g/mol. The van der Waals surface area contributed by atoms with Crippen LogP contribution in [0.3, 0.4) is 0 Å². The molecule has 0 aromatic carbocycles. The van der Waals surface area contributed by atoms with Crippen LogP contribution in [0.25, 0.3) is 0 Å². The first-order valence-corrected chi connectivity index (χ1v) is 22.1. The Kier molecular flexibility index (Phi) is 15.3. The standard InChI is InChI=1S/C20H44O4P4Si/c1-11-13-23-19(21)29(20(22)24-14-12-2,15-17(25(3)4)26(5)6)16-18(27(7)8)28(9)10/h17-18H,11-16H2,1-10H3. The van der Waals surface area contributed by atoms with Gasteiger partial charge in [0.15, 0.2) is 0 Å². The summed E-state index contributed by atoms with van der Waals surface area (Å²) in [6.07, 6.45) is 1.55. The zero-order valence-electron chi connectivity index (χ0n) is 20.3. The number of rotatable bonds is 14. The van der Waals surface area contributed by atoms with Gasteiger partial charge in [-0.3, -0.25) is 9.59 Å². The lowest BCUT2D eigenvalue weighted by Gasteiger charge is -2.38. The maximum Gasteiger partial charge on any atom is 0.313 e. The maximum absolute atomic E-state index is 13.6. The van der Waals surface area contributed by atoms with E-state index in [0.717, 1.165) is 12.8 Å². The molecule has 0 spiro atoms. The fourth-order valence-corrected chi connectivity index (χ4v) is 23.4. The molecular formula is C20H44O4P4Si. The predicted octanol–water partition coefficient (Wildman–Crippen LogP) is 7.31. The lowest BCUT2D eigenvalue weighted by atomic mass is 10.5. The molecule has 0 aromatic heterocycles. The topological polar surface area (TPSA) is 52.6 Å². The zero-order chi connectivity index (χ0) is 22.8. The summed E-state index contributed by atoms with van der Waals surface area (Å²) in [5.74, 6) is 0. The van der Waals surface area contributed by atoms with Crippen molar-refractivity contribution in [2.45, 2.75) is 49.6 Å². The molecule has 0 radical (unpaired) electrons. The van der Waals surface area contributed by atoms with Crippen molar-refractivity contribution in [3.05, 3.63) is 0 Å². The highest BCUT2D eigenvalue weighted by Gasteiger charge is 2.56. The van der Waals surface area contributed by atoms with Crippen LogP contribution in [0.1, 0.15) is 26.7 Å². The van der Waals surface area contributed by atoms with E-state index in [1.807, 2.05) is 13.8 Å². The van der Waals surface area contributed by atoms with E-state index in [4.69, 9.17) is 9.47 Å². The van der Waals surface area contributed by atoms with E-state index in [9.17, 15) is 9.59 Å². The molecule has 172 valence electrons. The van der Waals surface area contributed by atoms with Crippen LogP contribution >= 0.6 is 31.7 Å². The van der Waals surface area contributed by atoms with E-state index >= 15 is 0 Å². The van der Waals surface area contributed by atoms with Crippen LogP contribution in [0.2, 0.25) is 12.1 Å². The Hall–Kier alpha value is 0.877. The highest BCUT2D eigenvalue weighted by Crippen LogP contribution is 2.58. The quantitative estimate of drug-likeness (QED) is 0.185. The van der Waals surface area contributed by atoms with Crippen molar-refractivity contribution in [1.82, 2.24) is 0 Å². The highest BCUT2D eigenvalue weighted by atomic mass is 31.2. The molecule has 4 nitrogen and oxygen atoms in total. The SMILES string of the molecule is CCCOC(=O)[Si](CC(P(C)C)P(C)C)(CC(P(C)C)P(C)C)C(=O)OCCC. The smallest absolute Gasteiger partial charge is 0.313 e. The fraction of sp³-hybridized carbons (Fsp3) is 0.900. The molecule has 0 aliphatic carbocycles. The third kappa shape index (κ3) is 9.49. The number of carbonyl (C=O) groups is 2. The van der Waals surface area contributed by atoms with Crippen molar-refractivity contribution in [3.8, 4) is 0 Å². The largest absolute Gasteiger partial charge is 0.470 e. The van der Waals surface area contributed by atoms with Crippen LogP contribution in [0.4, 0.5) is 9.59 Å². The molecule has 0 bridgehead atoms. The summed E-state index contributed by atoms with van der Waals surface area (Å²) in [7, 11) is -4.07. The zero-order valence-corrected chi connectivity index (χ0v) is 24.9. The Morgan fingerprint density at radius 3 is 1.14 bits per heavy atom. The molecule has 0 saturated carbocycles. The van der Waals surface area contributed by atoms with E-state index in [2.05, 4.69) is 53.3 Å². The van der Waals surface area contributed by atoms with Crippen molar-refractivity contribution < 1.29 is 19.1 Å². The van der Waals surface area contributed by atoms with Gasteiger partial charge in [0.2, 0.25) is 0 Å². The number of ether oxygens (including phenoxy) is 2. The average molecular weight is 501 g/mol. The van der Waals surface area contributed by atoms with Crippen LogP contribution in [0.15, 0.2) is 0 Å². The van der Waals surface area contributed by atoms with E-state index in [1.165, 1.54) is 0 Å². The molecule has 29 heavy (non-hydrogen) atoms. The second-order valence-electron chi connectivity index (χ2n) is 8.58. The molecule has 0 aromatic rings. The van der Waals surface area contributed by atoms with Crippen molar-refractivity contribution in [2.24, 2.45) is 0 Å². The summed E-state index contributed by atoms with van der Waals surface area (Å²) in [6, 6.07) is 1.41. The van der Waals surface area contributed by atoms with Gasteiger partial charge in [-0.25, -0.2) is 0 Å². The summed E-state index contributed by atoms with van der Waals surface area (Å²) in [4.78, 5) is 27.1. The van der Waals surface area contributed by atoms with Crippen LogP contribution in [-0.2, 0) is 9.47 Å². The predicted molar refractivity (Wildman–Crippen MR) is 141 cm³/mol. The summed E-state index contributed by atoms with van der Waals surface area (Å²) in [5, 5.41) is 0.881. The van der Waals surface area contributed by atoms with Gasteiger partial charge < -0.3 is 9.47 Å². The van der Waals surface area contributed by atoms with Crippen molar-refractivity contribution in [2.75, 3.05) is 66.5 Å². The van der Waals surface area contributed by atoms with Crippen LogP contribution in [-0.4, -0.2) is 96.6 Å². The van der Waals surface area contributed by atoms with Crippen LogP contribution in [0.5, 0.6) is 0 Å². The van der Waals surface area contributed by atoms with Gasteiger partial charge >= 0.3 is 8.07 Å². The minimum Gasteiger partial charge on any atom is -0.470 e. The Morgan fingerprint density at radius 1 is 0.655 bits per heavy atom. The Morgan fingerprint density at radius 2 is 0.931 bits per heavy atom. The van der Waals surface area contributed by atoms with Crippen molar-refractivity contribution >= 4 is 50.9 Å². The average Bonchev–Trinajstić information content (AvgIpc) is 2.63. The van der Waals surface area contributed by atoms with E-state index in [1.54, 1.807) is 0 Å². The van der Waals surface area contributed by atoms with Crippen molar-refractivity contribution in [3.63, 3.8) is 0 Å². The molecule has 0 aliphatic rings. The number of carbonyl (C=O) groups excluding carboxylic acids is 2. The third-order valence-corrected chi connectivity index (χ3v) is 21.6. The van der Waals surface area contributed by atoms with Gasteiger partial charge in [-0.2, -0.15) is 0 Å². The number of hydrogen-bond acceptors (Lipinski definition) is 4. The molecule has 9 heteroatoms. The van der Waals surface area contributed by atoms with E-state index < -0.39 is 8.07 Å². The van der Waals surface area contributed by atoms with Gasteiger partial charge in [0.1, 0.15) is 0 Å². The van der Waals surface area contributed by atoms with Crippen LogP contribution in [0, 0.1) is 0 Å². The summed E-state index contributed by atoms with van der Waals surface area (Å²) in [6.45, 7) is 23.1. The second-order valence-corrected chi connectivity index (χ2v) is 23.4. The van der Waals surface area contributed by atoms with Gasteiger partial charge in [0, 0.05) is 0 Å². The van der Waals surface area contributed by atoms with Gasteiger partial charge in [0.05, 0.1) is 13.2 Å². The second kappa shape index (κ2) is 14.8. The molecule has 0 heterocycles. The third-order valence-electron chi connectivity index (χ3n) is 5.10. The molecule has 0 saturated heterocycles. The van der Waals surface area contributed by atoms with Gasteiger partial charge in [-0.1, -0.05) is 13.8 Å². The Bertz CT molecular complexity index is 441. The molecule has 0 atom stereocenters. The highest BCUT2D eigenvalue weighted by molar-refractivity contribution is 7.75. The molecule has 0 fully saturated rings. The lowest BCUT2D eigenvalue weighted by molar-refractivity contribution is 0.160. The van der Waals surface area contributed by atoms with Crippen LogP contribution < -0.4 is 0 Å². The summed E-state index contributed by atoms with van der Waals surface area (Å²) in [5.41, 5.74) is -0.421. The maximum atomic E-state index is 13.6. The van der Waals surface area contributed by atoms with Gasteiger partial charge in [-0.15, -0.1) is 31.7 Å². The fourth-order valence-electron chi connectivity index (χ4n) is 3.44. The molecule has 0 rings (SSSR count). The Labute approximate surface area is 186 Å². The normalized spacial score (nSPS) is 12.7. The Balaban J connectivity index is 6.35. The minimum atomic E-state index is -3.11. The molecule has 0 N–H and O–H groups in total. The minimum absolute atomic E-state index is 0.210. The van der Waals surface area contributed by atoms with E-state index in [0.29, 0.717) is 36.1 Å². The van der Waals surface area contributed by atoms with E-state index in [-0.39, 0.29) is 42.9 Å². The lowest BCUT2D eigenvalue weighted by Crippen LogP contribution is -2.56. The molecule has 0 aliphatic heterocycles. The van der Waals surface area contributed by atoms with Gasteiger partial charge in [0.25, 0.3) is 11.2 Å². The van der Waals surface area contributed by atoms with Crippen molar-refractivity contribution in [1.29, 1.82) is 0 Å². The van der Waals surface area contributed by atoms with Gasteiger partial charge in [-0.05, 0) is 89.0 Å². The summed E-state index contributed by atoms with van der Waals surface area (Å²) < 4.78 is 11.5. The first-order valence-electron chi connectivity index (χ1n) is 10.4. The first kappa shape index (κ1) is 29.9.